The van der Waals surface area contributed by atoms with Crippen molar-refractivity contribution >= 4 is 11.8 Å². The van der Waals surface area contributed by atoms with E-state index in [4.69, 9.17) is 0 Å². The average Bonchev–Trinajstić information content (AvgIpc) is 2.70. The van der Waals surface area contributed by atoms with Gasteiger partial charge < -0.3 is 10.2 Å². The van der Waals surface area contributed by atoms with Crippen LogP contribution in [0.5, 0.6) is 0 Å². The van der Waals surface area contributed by atoms with Gasteiger partial charge >= 0.3 is 0 Å². The van der Waals surface area contributed by atoms with E-state index in [-0.39, 0.29) is 11.8 Å². The molecule has 2 aromatic rings. The third-order valence-corrected chi connectivity index (χ3v) is 3.78. The molecule has 0 bridgehead atoms. The summed E-state index contributed by atoms with van der Waals surface area (Å²) in [4.78, 5) is 26.2. The summed E-state index contributed by atoms with van der Waals surface area (Å²) in [6.07, 6.45) is 3.46. The Hall–Kier alpha value is -2.88. The molecule has 0 spiro atoms. The van der Waals surface area contributed by atoms with E-state index in [1.54, 1.807) is 11.1 Å². The summed E-state index contributed by atoms with van der Waals surface area (Å²) >= 11 is 0. The SMILES string of the molecule is O=C1C=CN(Cc2ccccc2)C(=O)[C@H](Cc2ccccc2)N1. The number of carbonyl (C=O) groups is 2. The van der Waals surface area contributed by atoms with Crippen LogP contribution in [0.15, 0.2) is 72.9 Å². The van der Waals surface area contributed by atoms with Gasteiger partial charge in [0.1, 0.15) is 6.04 Å². The van der Waals surface area contributed by atoms with E-state index in [0.717, 1.165) is 11.1 Å². The standard InChI is InChI=1S/C19H18N2O2/c22-18-11-12-21(14-16-9-5-2-6-10-16)19(23)17(20-18)13-15-7-3-1-4-8-15/h1-12,17H,13-14H2,(H,20,22)/t17-/m0/s1. The fourth-order valence-corrected chi connectivity index (χ4v) is 2.61. The molecule has 23 heavy (non-hydrogen) atoms. The first-order valence-electron chi connectivity index (χ1n) is 7.59. The number of hydrogen-bond donors (Lipinski definition) is 1. The molecule has 4 nitrogen and oxygen atoms in total. The highest BCUT2D eigenvalue weighted by molar-refractivity contribution is 5.95. The number of hydrogen-bond acceptors (Lipinski definition) is 2. The molecule has 0 unspecified atom stereocenters. The van der Waals surface area contributed by atoms with E-state index >= 15 is 0 Å². The molecule has 0 aliphatic carbocycles. The molecule has 3 rings (SSSR count). The van der Waals surface area contributed by atoms with Crippen LogP contribution in [-0.4, -0.2) is 22.8 Å². The van der Waals surface area contributed by atoms with Crippen molar-refractivity contribution in [2.24, 2.45) is 0 Å². The summed E-state index contributed by atoms with van der Waals surface area (Å²) in [6, 6.07) is 18.9. The highest BCUT2D eigenvalue weighted by atomic mass is 16.2. The van der Waals surface area contributed by atoms with Gasteiger partial charge in [0.15, 0.2) is 0 Å². The van der Waals surface area contributed by atoms with Crippen LogP contribution in [0.1, 0.15) is 11.1 Å². The Kier molecular flexibility index (Phi) is 4.52. The third-order valence-electron chi connectivity index (χ3n) is 3.78. The molecule has 0 saturated carbocycles. The largest absolute Gasteiger partial charge is 0.340 e. The normalized spacial score (nSPS) is 17.7. The maximum Gasteiger partial charge on any atom is 0.249 e. The molecule has 4 heteroatoms. The van der Waals surface area contributed by atoms with Gasteiger partial charge in [-0.3, -0.25) is 9.59 Å². The quantitative estimate of drug-likeness (QED) is 0.942. The first-order valence-corrected chi connectivity index (χ1v) is 7.59. The molecule has 1 aliphatic rings. The lowest BCUT2D eigenvalue weighted by molar-refractivity contribution is -0.132. The van der Waals surface area contributed by atoms with Crippen molar-refractivity contribution in [2.45, 2.75) is 19.0 Å². The zero-order valence-electron chi connectivity index (χ0n) is 12.7. The molecule has 0 radical (unpaired) electrons. The molecule has 2 amide bonds. The monoisotopic (exact) mass is 306 g/mol. The minimum absolute atomic E-state index is 0.0974. The van der Waals surface area contributed by atoms with Crippen molar-refractivity contribution in [3.05, 3.63) is 84.1 Å². The molecular formula is C19H18N2O2. The first-order chi connectivity index (χ1) is 11.2. The Morgan fingerprint density at radius 2 is 1.48 bits per heavy atom. The van der Waals surface area contributed by atoms with Crippen LogP contribution in [0, 0.1) is 0 Å². The van der Waals surface area contributed by atoms with Gasteiger partial charge in [-0.1, -0.05) is 60.7 Å². The number of carbonyl (C=O) groups excluding carboxylic acids is 2. The van der Waals surface area contributed by atoms with Crippen LogP contribution in [0.4, 0.5) is 0 Å². The van der Waals surface area contributed by atoms with Gasteiger partial charge in [-0.2, -0.15) is 0 Å². The van der Waals surface area contributed by atoms with E-state index in [1.165, 1.54) is 6.08 Å². The molecule has 0 aromatic heterocycles. The van der Waals surface area contributed by atoms with Crippen molar-refractivity contribution in [3.63, 3.8) is 0 Å². The maximum atomic E-state index is 12.8. The van der Waals surface area contributed by atoms with E-state index in [9.17, 15) is 9.59 Å². The molecule has 1 heterocycles. The molecular weight excluding hydrogens is 288 g/mol. The predicted molar refractivity (Wildman–Crippen MR) is 88.2 cm³/mol. The lowest BCUT2D eigenvalue weighted by Crippen LogP contribution is -2.45. The molecule has 0 saturated heterocycles. The predicted octanol–water partition coefficient (Wildman–Crippen LogP) is 2.27. The van der Waals surface area contributed by atoms with Gasteiger partial charge in [-0.15, -0.1) is 0 Å². The van der Waals surface area contributed by atoms with Gasteiger partial charge in [0.25, 0.3) is 0 Å². The van der Waals surface area contributed by atoms with Crippen LogP contribution in [0.3, 0.4) is 0 Å². The number of amides is 2. The summed E-state index contributed by atoms with van der Waals surface area (Å²) in [5.41, 5.74) is 2.05. The summed E-state index contributed by atoms with van der Waals surface area (Å²) < 4.78 is 0. The number of nitrogens with one attached hydrogen (secondary N) is 1. The van der Waals surface area contributed by atoms with Crippen molar-refractivity contribution < 1.29 is 9.59 Å². The van der Waals surface area contributed by atoms with E-state index in [0.29, 0.717) is 13.0 Å². The summed E-state index contributed by atoms with van der Waals surface area (Å²) in [5.74, 6) is -0.338. The Labute approximate surface area is 135 Å². The van der Waals surface area contributed by atoms with Crippen molar-refractivity contribution in [1.82, 2.24) is 10.2 Å². The Bertz CT molecular complexity index is 711. The lowest BCUT2D eigenvalue weighted by atomic mass is 10.0. The number of nitrogens with zero attached hydrogens (tertiary/aromatic N) is 1. The lowest BCUT2D eigenvalue weighted by Gasteiger charge is -2.22. The first kappa shape index (κ1) is 15.0. The number of benzene rings is 2. The van der Waals surface area contributed by atoms with E-state index < -0.39 is 6.04 Å². The minimum atomic E-state index is -0.552. The maximum absolute atomic E-state index is 12.8. The molecule has 0 fully saturated rings. The van der Waals surface area contributed by atoms with Crippen molar-refractivity contribution in [2.75, 3.05) is 0 Å². The van der Waals surface area contributed by atoms with Gasteiger partial charge in [-0.05, 0) is 11.1 Å². The highest BCUT2D eigenvalue weighted by Gasteiger charge is 2.27. The van der Waals surface area contributed by atoms with Crippen LogP contribution < -0.4 is 5.32 Å². The summed E-state index contributed by atoms with van der Waals surface area (Å²) in [6.45, 7) is 0.455. The second-order valence-electron chi connectivity index (χ2n) is 5.52. The molecule has 1 aliphatic heterocycles. The zero-order valence-corrected chi connectivity index (χ0v) is 12.7. The molecule has 2 aromatic carbocycles. The van der Waals surface area contributed by atoms with Crippen molar-refractivity contribution in [1.29, 1.82) is 0 Å². The molecule has 1 atom stereocenters. The van der Waals surface area contributed by atoms with Crippen LogP contribution >= 0.6 is 0 Å². The van der Waals surface area contributed by atoms with Gasteiger partial charge in [0.2, 0.25) is 11.8 Å². The Balaban J connectivity index is 1.78. The van der Waals surface area contributed by atoms with Gasteiger partial charge in [0.05, 0.1) is 6.54 Å². The second kappa shape index (κ2) is 6.92. The van der Waals surface area contributed by atoms with Crippen LogP contribution in [-0.2, 0) is 22.6 Å². The smallest absolute Gasteiger partial charge is 0.249 e. The topological polar surface area (TPSA) is 49.4 Å². The Morgan fingerprint density at radius 3 is 2.13 bits per heavy atom. The fourth-order valence-electron chi connectivity index (χ4n) is 2.61. The average molecular weight is 306 g/mol. The zero-order chi connectivity index (χ0) is 16.1. The third kappa shape index (κ3) is 3.86. The van der Waals surface area contributed by atoms with E-state index in [1.807, 2.05) is 60.7 Å². The number of rotatable bonds is 4. The van der Waals surface area contributed by atoms with Crippen LogP contribution in [0.25, 0.3) is 0 Å². The highest BCUT2D eigenvalue weighted by Crippen LogP contribution is 2.12. The summed E-state index contributed by atoms with van der Waals surface area (Å²) in [7, 11) is 0. The van der Waals surface area contributed by atoms with Crippen molar-refractivity contribution in [3.8, 4) is 0 Å². The Morgan fingerprint density at radius 1 is 0.870 bits per heavy atom. The summed E-state index contributed by atoms with van der Waals surface area (Å²) in [5, 5.41) is 2.78. The molecule has 116 valence electrons. The van der Waals surface area contributed by atoms with Gasteiger partial charge in [-0.25, -0.2) is 0 Å². The molecule has 1 N–H and O–H groups in total. The van der Waals surface area contributed by atoms with E-state index in [2.05, 4.69) is 5.32 Å². The van der Waals surface area contributed by atoms with Crippen LogP contribution in [0.2, 0.25) is 0 Å². The second-order valence-corrected chi connectivity index (χ2v) is 5.52. The fraction of sp³-hybridized carbons (Fsp3) is 0.158. The minimum Gasteiger partial charge on any atom is -0.340 e. The van der Waals surface area contributed by atoms with Gasteiger partial charge in [0, 0.05) is 18.7 Å².